The Bertz CT molecular complexity index is 476. The van der Waals surface area contributed by atoms with Crippen LogP contribution in [0.4, 0.5) is 0 Å². The molecule has 2 atom stereocenters. The molecule has 3 nitrogen and oxygen atoms in total. The second-order valence-corrected chi connectivity index (χ2v) is 6.91. The van der Waals surface area contributed by atoms with E-state index in [9.17, 15) is 0 Å². The molecule has 2 rings (SSSR count). The van der Waals surface area contributed by atoms with Crippen molar-refractivity contribution in [1.82, 2.24) is 5.32 Å². The fourth-order valence-corrected chi connectivity index (χ4v) is 3.15. The van der Waals surface area contributed by atoms with Gasteiger partial charge in [-0.3, -0.25) is 0 Å². The molecule has 1 aromatic rings. The van der Waals surface area contributed by atoms with Gasteiger partial charge in [0.05, 0.1) is 0 Å². The van der Waals surface area contributed by atoms with Crippen molar-refractivity contribution in [1.29, 1.82) is 0 Å². The van der Waals surface area contributed by atoms with Gasteiger partial charge in [-0.1, -0.05) is 43.6 Å². The second kappa shape index (κ2) is 7.50. The molecule has 0 fully saturated rings. The Hall–Kier alpha value is -0.740. The molecular formula is C17H26BrNO2. The largest absolute Gasteiger partial charge is 0.486 e. The predicted octanol–water partition coefficient (Wildman–Crippen LogP) is 4.55. The summed E-state index contributed by atoms with van der Waals surface area (Å²) in [5.41, 5.74) is 1.26. The van der Waals surface area contributed by atoms with E-state index in [4.69, 9.17) is 9.47 Å². The molecule has 0 saturated heterocycles. The van der Waals surface area contributed by atoms with Crippen LogP contribution in [0.2, 0.25) is 0 Å². The number of rotatable bonds is 6. The number of benzene rings is 1. The van der Waals surface area contributed by atoms with Crippen molar-refractivity contribution in [2.24, 2.45) is 11.8 Å². The van der Waals surface area contributed by atoms with Gasteiger partial charge in [-0.2, -0.15) is 0 Å². The first-order valence-electron chi connectivity index (χ1n) is 7.87. The zero-order valence-corrected chi connectivity index (χ0v) is 15.0. The number of halogens is 1. The first-order chi connectivity index (χ1) is 10.0. The van der Waals surface area contributed by atoms with Gasteiger partial charge in [-0.15, -0.1) is 0 Å². The van der Waals surface area contributed by atoms with E-state index in [2.05, 4.69) is 55.0 Å². The number of hydrogen-bond donors (Lipinski definition) is 1. The molecule has 118 valence electrons. The number of hydrogen-bond acceptors (Lipinski definition) is 3. The maximum absolute atomic E-state index is 5.74. The molecule has 4 heteroatoms. The van der Waals surface area contributed by atoms with Crippen molar-refractivity contribution in [2.45, 2.75) is 40.2 Å². The van der Waals surface area contributed by atoms with Crippen molar-refractivity contribution < 1.29 is 9.47 Å². The maximum atomic E-state index is 5.74. The first kappa shape index (κ1) is 16.6. The van der Waals surface area contributed by atoms with Crippen molar-refractivity contribution >= 4 is 15.9 Å². The Kier molecular flexibility index (Phi) is 5.94. The molecule has 0 bridgehead atoms. The zero-order valence-electron chi connectivity index (χ0n) is 13.4. The Labute approximate surface area is 136 Å². The number of ether oxygens (including phenoxy) is 2. The minimum absolute atomic E-state index is 0.315. The van der Waals surface area contributed by atoms with E-state index in [0.717, 1.165) is 28.9 Å². The van der Waals surface area contributed by atoms with E-state index in [0.29, 0.717) is 31.1 Å². The molecule has 0 amide bonds. The molecule has 1 N–H and O–H groups in total. The van der Waals surface area contributed by atoms with Gasteiger partial charge < -0.3 is 14.8 Å². The Morgan fingerprint density at radius 3 is 2.33 bits per heavy atom. The van der Waals surface area contributed by atoms with Crippen LogP contribution < -0.4 is 14.8 Å². The highest BCUT2D eigenvalue weighted by Gasteiger charge is 2.25. The van der Waals surface area contributed by atoms with Crippen LogP contribution in [0.3, 0.4) is 0 Å². The van der Waals surface area contributed by atoms with Gasteiger partial charge >= 0.3 is 0 Å². The number of fused-ring (bicyclic) bond motifs is 1. The van der Waals surface area contributed by atoms with Crippen LogP contribution in [0.1, 0.15) is 45.7 Å². The summed E-state index contributed by atoms with van der Waals surface area (Å²) in [5, 5.41) is 3.69. The van der Waals surface area contributed by atoms with Gasteiger partial charge in [-0.25, -0.2) is 0 Å². The minimum atomic E-state index is 0.315. The summed E-state index contributed by atoms with van der Waals surface area (Å²) in [6.45, 7) is 11.3. The summed E-state index contributed by atoms with van der Waals surface area (Å²) in [5.74, 6) is 2.84. The predicted molar refractivity (Wildman–Crippen MR) is 90.2 cm³/mol. The summed E-state index contributed by atoms with van der Waals surface area (Å²) in [4.78, 5) is 0. The van der Waals surface area contributed by atoms with Gasteiger partial charge in [0.25, 0.3) is 0 Å². The van der Waals surface area contributed by atoms with E-state index in [1.165, 1.54) is 5.56 Å². The Morgan fingerprint density at radius 2 is 1.76 bits per heavy atom. The zero-order chi connectivity index (χ0) is 15.4. The summed E-state index contributed by atoms with van der Waals surface area (Å²) in [6.07, 6.45) is 1.13. The third-order valence-corrected chi connectivity index (χ3v) is 4.87. The molecular weight excluding hydrogens is 330 g/mol. The average molecular weight is 356 g/mol. The molecule has 0 saturated carbocycles. The molecule has 2 unspecified atom stereocenters. The molecule has 0 aromatic heterocycles. The lowest BCUT2D eigenvalue weighted by molar-refractivity contribution is 0.170. The van der Waals surface area contributed by atoms with Crippen molar-refractivity contribution in [3.05, 3.63) is 22.2 Å². The molecule has 1 aromatic carbocycles. The average Bonchev–Trinajstić information content (AvgIpc) is 2.47. The van der Waals surface area contributed by atoms with Crippen molar-refractivity contribution in [2.75, 3.05) is 19.8 Å². The van der Waals surface area contributed by atoms with Crippen LogP contribution in [-0.4, -0.2) is 19.8 Å². The molecule has 1 aliphatic heterocycles. The summed E-state index contributed by atoms with van der Waals surface area (Å²) in [7, 11) is 0. The third kappa shape index (κ3) is 3.92. The van der Waals surface area contributed by atoms with E-state index in [-0.39, 0.29) is 0 Å². The minimum Gasteiger partial charge on any atom is -0.486 e. The van der Waals surface area contributed by atoms with Crippen LogP contribution in [0.25, 0.3) is 0 Å². The summed E-state index contributed by atoms with van der Waals surface area (Å²) < 4.78 is 12.5. The first-order valence-corrected chi connectivity index (χ1v) is 8.66. The van der Waals surface area contributed by atoms with Gasteiger partial charge in [0.2, 0.25) is 0 Å². The third-order valence-electron chi connectivity index (χ3n) is 4.19. The Morgan fingerprint density at radius 1 is 1.14 bits per heavy atom. The topological polar surface area (TPSA) is 30.5 Å². The standard InChI is InChI=1S/C17H26BrNO2/c1-5-6-19-17(12(4)11(2)3)13-9-15-16(10-14(13)18)21-8-7-20-15/h9-12,17,19H,5-8H2,1-4H3. The van der Waals surface area contributed by atoms with Crippen LogP contribution in [0.15, 0.2) is 16.6 Å². The fourth-order valence-electron chi connectivity index (χ4n) is 2.58. The van der Waals surface area contributed by atoms with Crippen molar-refractivity contribution in [3.63, 3.8) is 0 Å². The molecule has 0 aliphatic carbocycles. The lowest BCUT2D eigenvalue weighted by atomic mass is 9.86. The molecule has 21 heavy (non-hydrogen) atoms. The summed E-state index contributed by atoms with van der Waals surface area (Å²) >= 11 is 3.71. The number of nitrogens with one attached hydrogen (secondary N) is 1. The highest BCUT2D eigenvalue weighted by Crippen LogP contribution is 2.40. The molecule has 1 heterocycles. The van der Waals surface area contributed by atoms with Gasteiger partial charge in [0, 0.05) is 10.5 Å². The second-order valence-electron chi connectivity index (χ2n) is 6.05. The van der Waals surface area contributed by atoms with Crippen LogP contribution in [0.5, 0.6) is 11.5 Å². The smallest absolute Gasteiger partial charge is 0.162 e. The van der Waals surface area contributed by atoms with Gasteiger partial charge in [0.1, 0.15) is 13.2 Å². The molecule has 1 aliphatic rings. The SMILES string of the molecule is CCCNC(c1cc2c(cc1Br)OCCO2)C(C)C(C)C. The van der Waals surface area contributed by atoms with Crippen LogP contribution in [-0.2, 0) is 0 Å². The van der Waals surface area contributed by atoms with E-state index >= 15 is 0 Å². The van der Waals surface area contributed by atoms with E-state index in [1.54, 1.807) is 0 Å². The normalized spacial score (nSPS) is 16.9. The molecule has 0 radical (unpaired) electrons. The monoisotopic (exact) mass is 355 g/mol. The van der Waals surface area contributed by atoms with Crippen LogP contribution in [0, 0.1) is 11.8 Å². The van der Waals surface area contributed by atoms with Crippen LogP contribution >= 0.6 is 15.9 Å². The van der Waals surface area contributed by atoms with E-state index in [1.807, 2.05) is 6.07 Å². The van der Waals surface area contributed by atoms with Crippen molar-refractivity contribution in [3.8, 4) is 11.5 Å². The highest BCUT2D eigenvalue weighted by molar-refractivity contribution is 9.10. The lowest BCUT2D eigenvalue weighted by Gasteiger charge is -2.30. The molecule has 0 spiro atoms. The Balaban J connectivity index is 2.34. The van der Waals surface area contributed by atoms with Gasteiger partial charge in [0.15, 0.2) is 11.5 Å². The lowest BCUT2D eigenvalue weighted by Crippen LogP contribution is -2.30. The quantitative estimate of drug-likeness (QED) is 0.811. The fraction of sp³-hybridized carbons (Fsp3) is 0.647. The van der Waals surface area contributed by atoms with Gasteiger partial charge in [-0.05, 0) is 42.5 Å². The van der Waals surface area contributed by atoms with E-state index < -0.39 is 0 Å². The maximum Gasteiger partial charge on any atom is 0.162 e. The summed E-state index contributed by atoms with van der Waals surface area (Å²) in [6, 6.07) is 4.48. The highest BCUT2D eigenvalue weighted by atomic mass is 79.9.